The molecule has 0 bridgehead atoms. The van der Waals surface area contributed by atoms with Gasteiger partial charge < -0.3 is 0 Å². The van der Waals surface area contributed by atoms with Crippen LogP contribution in [0.25, 0.3) is 5.69 Å². The lowest BCUT2D eigenvalue weighted by Crippen LogP contribution is -2.33. The Morgan fingerprint density at radius 1 is 1.18 bits per heavy atom. The van der Waals surface area contributed by atoms with E-state index < -0.39 is 0 Å². The summed E-state index contributed by atoms with van der Waals surface area (Å²) >= 11 is 0. The van der Waals surface area contributed by atoms with Gasteiger partial charge in [0.2, 0.25) is 0 Å². The number of fused-ring (bicyclic) bond motifs is 1. The van der Waals surface area contributed by atoms with Crippen molar-refractivity contribution in [3.05, 3.63) is 35.7 Å². The second kappa shape index (κ2) is 5.44. The van der Waals surface area contributed by atoms with Crippen LogP contribution in [0.4, 0.5) is 0 Å². The summed E-state index contributed by atoms with van der Waals surface area (Å²) in [5, 5.41) is 4.61. The van der Waals surface area contributed by atoms with E-state index in [2.05, 4.69) is 27.0 Å². The van der Waals surface area contributed by atoms with Crippen molar-refractivity contribution in [2.24, 2.45) is 5.92 Å². The van der Waals surface area contributed by atoms with Crippen molar-refractivity contribution in [3.63, 3.8) is 0 Å². The minimum absolute atomic E-state index is 0.222. The summed E-state index contributed by atoms with van der Waals surface area (Å²) in [6, 6.07) is 4.83. The third kappa shape index (κ3) is 2.32. The molecule has 1 saturated carbocycles. The van der Waals surface area contributed by atoms with Crippen molar-refractivity contribution in [1.82, 2.24) is 30.6 Å². The molecular weight excluding hydrogens is 276 g/mol. The van der Waals surface area contributed by atoms with Crippen LogP contribution in [0.3, 0.4) is 0 Å². The van der Waals surface area contributed by atoms with Gasteiger partial charge in [0.05, 0.1) is 11.7 Å². The topological polar surface area (TPSA) is 67.7 Å². The highest BCUT2D eigenvalue weighted by Crippen LogP contribution is 2.37. The van der Waals surface area contributed by atoms with E-state index in [1.54, 1.807) is 0 Å². The molecule has 6 nitrogen and oxygen atoms in total. The minimum Gasteiger partial charge on any atom is -0.261 e. The van der Waals surface area contributed by atoms with Crippen molar-refractivity contribution in [2.75, 3.05) is 0 Å². The first-order chi connectivity index (χ1) is 10.7. The van der Waals surface area contributed by atoms with Crippen LogP contribution in [0.5, 0.6) is 0 Å². The van der Waals surface area contributed by atoms with E-state index in [1.165, 1.54) is 25.7 Å². The lowest BCUT2D eigenvalue weighted by Gasteiger charge is -2.26. The molecule has 4 rings (SSSR count). The first kappa shape index (κ1) is 13.8. The fourth-order valence-electron chi connectivity index (χ4n) is 3.78. The maximum absolute atomic E-state index is 4.72. The molecule has 1 aliphatic carbocycles. The fourth-order valence-corrected chi connectivity index (χ4v) is 3.78. The van der Waals surface area contributed by atoms with Gasteiger partial charge in [0, 0.05) is 17.9 Å². The number of aryl methyl sites for hydroxylation is 2. The highest BCUT2D eigenvalue weighted by Gasteiger charge is 2.40. The number of nitrogens with one attached hydrogen (secondary N) is 2. The van der Waals surface area contributed by atoms with Gasteiger partial charge in [-0.25, -0.2) is 15.1 Å². The molecule has 6 heteroatoms. The SMILES string of the molecule is Cc1cc(-n2nc(C)nc2C2NNC3CCCCC32)ccn1. The molecular formula is C16H22N6. The Bertz CT molecular complexity index is 679. The van der Waals surface area contributed by atoms with Gasteiger partial charge in [-0.1, -0.05) is 12.8 Å². The van der Waals surface area contributed by atoms with E-state index in [1.807, 2.05) is 30.8 Å². The Kier molecular flexibility index (Phi) is 3.43. The lowest BCUT2D eigenvalue weighted by atomic mass is 9.81. The van der Waals surface area contributed by atoms with Gasteiger partial charge in [0.15, 0.2) is 5.82 Å². The predicted octanol–water partition coefficient (Wildman–Crippen LogP) is 1.99. The van der Waals surface area contributed by atoms with Crippen LogP contribution >= 0.6 is 0 Å². The Labute approximate surface area is 130 Å². The minimum atomic E-state index is 0.222. The highest BCUT2D eigenvalue weighted by molar-refractivity contribution is 5.32. The Morgan fingerprint density at radius 3 is 2.91 bits per heavy atom. The summed E-state index contributed by atoms with van der Waals surface area (Å²) in [5.41, 5.74) is 8.95. The van der Waals surface area contributed by atoms with E-state index in [9.17, 15) is 0 Å². The number of hydrazine groups is 1. The molecule has 3 unspecified atom stereocenters. The Morgan fingerprint density at radius 2 is 2.05 bits per heavy atom. The average Bonchev–Trinajstić information content (AvgIpc) is 3.10. The number of rotatable bonds is 2. The molecule has 0 aromatic carbocycles. The molecule has 0 spiro atoms. The van der Waals surface area contributed by atoms with Crippen LogP contribution in [0.15, 0.2) is 18.3 Å². The number of pyridine rings is 1. The Hall–Kier alpha value is -1.79. The zero-order valence-corrected chi connectivity index (χ0v) is 13.1. The molecule has 3 heterocycles. The molecule has 2 fully saturated rings. The molecule has 2 aliphatic rings. The molecule has 2 aromatic rings. The summed E-state index contributed by atoms with van der Waals surface area (Å²) in [6.07, 6.45) is 6.95. The molecule has 1 saturated heterocycles. The zero-order chi connectivity index (χ0) is 15.1. The average molecular weight is 298 g/mol. The van der Waals surface area contributed by atoms with Gasteiger partial charge in [-0.05, 0) is 44.7 Å². The Balaban J connectivity index is 1.73. The number of hydrogen-bond acceptors (Lipinski definition) is 5. The maximum Gasteiger partial charge on any atom is 0.151 e. The molecule has 0 amide bonds. The van der Waals surface area contributed by atoms with Gasteiger partial charge >= 0.3 is 0 Å². The molecule has 116 valence electrons. The monoisotopic (exact) mass is 298 g/mol. The molecule has 2 N–H and O–H groups in total. The summed E-state index contributed by atoms with van der Waals surface area (Å²) in [7, 11) is 0. The normalized spacial score (nSPS) is 27.8. The van der Waals surface area contributed by atoms with Crippen molar-refractivity contribution in [1.29, 1.82) is 0 Å². The van der Waals surface area contributed by atoms with E-state index in [-0.39, 0.29) is 6.04 Å². The lowest BCUT2D eigenvalue weighted by molar-refractivity contribution is 0.301. The molecule has 22 heavy (non-hydrogen) atoms. The van der Waals surface area contributed by atoms with E-state index in [0.29, 0.717) is 12.0 Å². The highest BCUT2D eigenvalue weighted by atomic mass is 15.5. The van der Waals surface area contributed by atoms with Gasteiger partial charge in [0.1, 0.15) is 5.82 Å². The summed E-state index contributed by atoms with van der Waals surface area (Å²) < 4.78 is 1.97. The first-order valence-electron chi connectivity index (χ1n) is 8.10. The largest absolute Gasteiger partial charge is 0.261 e. The van der Waals surface area contributed by atoms with Crippen LogP contribution in [-0.2, 0) is 0 Å². The van der Waals surface area contributed by atoms with Crippen molar-refractivity contribution >= 4 is 0 Å². The van der Waals surface area contributed by atoms with Crippen LogP contribution in [0.1, 0.15) is 49.1 Å². The quantitative estimate of drug-likeness (QED) is 0.887. The molecule has 2 aromatic heterocycles. The summed E-state index contributed by atoms with van der Waals surface area (Å²) in [5.74, 6) is 2.41. The smallest absolute Gasteiger partial charge is 0.151 e. The van der Waals surface area contributed by atoms with Crippen LogP contribution < -0.4 is 10.9 Å². The van der Waals surface area contributed by atoms with Gasteiger partial charge in [0.25, 0.3) is 0 Å². The molecule has 0 radical (unpaired) electrons. The van der Waals surface area contributed by atoms with E-state index >= 15 is 0 Å². The van der Waals surface area contributed by atoms with Crippen molar-refractivity contribution < 1.29 is 0 Å². The van der Waals surface area contributed by atoms with Gasteiger partial charge in [-0.3, -0.25) is 10.4 Å². The third-order valence-electron chi connectivity index (χ3n) is 4.81. The number of nitrogens with zero attached hydrogens (tertiary/aromatic N) is 4. The van der Waals surface area contributed by atoms with Crippen LogP contribution in [-0.4, -0.2) is 25.8 Å². The van der Waals surface area contributed by atoms with Crippen LogP contribution in [0.2, 0.25) is 0 Å². The van der Waals surface area contributed by atoms with Crippen molar-refractivity contribution in [3.8, 4) is 5.69 Å². The second-order valence-corrected chi connectivity index (χ2v) is 6.41. The van der Waals surface area contributed by atoms with Gasteiger partial charge in [-0.15, -0.1) is 0 Å². The van der Waals surface area contributed by atoms with Crippen molar-refractivity contribution in [2.45, 2.75) is 51.6 Å². The molecule has 1 aliphatic heterocycles. The predicted molar refractivity (Wildman–Crippen MR) is 83.4 cm³/mol. The third-order valence-corrected chi connectivity index (χ3v) is 4.81. The standard InChI is InChI=1S/C16H22N6/c1-10-9-12(7-8-17-10)22-16(18-11(2)21-22)15-13-5-3-4-6-14(13)19-20-15/h7-9,13-15,19-20H,3-6H2,1-2H3. The second-order valence-electron chi connectivity index (χ2n) is 6.41. The fraction of sp³-hybridized carbons (Fsp3) is 0.562. The first-order valence-corrected chi connectivity index (χ1v) is 8.10. The van der Waals surface area contributed by atoms with Gasteiger partial charge in [-0.2, -0.15) is 5.10 Å². The maximum atomic E-state index is 4.72. The number of hydrogen-bond donors (Lipinski definition) is 2. The molecule has 3 atom stereocenters. The van der Waals surface area contributed by atoms with E-state index in [0.717, 1.165) is 23.0 Å². The number of aromatic nitrogens is 4. The van der Waals surface area contributed by atoms with E-state index in [4.69, 9.17) is 4.98 Å². The zero-order valence-electron chi connectivity index (χ0n) is 13.1. The summed E-state index contributed by atoms with van der Waals surface area (Å²) in [6.45, 7) is 3.95. The summed E-state index contributed by atoms with van der Waals surface area (Å²) in [4.78, 5) is 8.99. The van der Waals surface area contributed by atoms with Crippen LogP contribution in [0, 0.1) is 19.8 Å².